The third kappa shape index (κ3) is 2.71. The number of amides is 1. The van der Waals surface area contributed by atoms with E-state index in [2.05, 4.69) is 25.3 Å². The van der Waals surface area contributed by atoms with Gasteiger partial charge in [0.25, 0.3) is 0 Å². The second kappa shape index (κ2) is 5.49. The summed E-state index contributed by atoms with van der Waals surface area (Å²) in [6, 6.07) is 1.93. The molecule has 1 aliphatic rings. The van der Waals surface area contributed by atoms with Crippen molar-refractivity contribution >= 4 is 33.4 Å². The van der Waals surface area contributed by atoms with Crippen LogP contribution >= 0.6 is 11.3 Å². The van der Waals surface area contributed by atoms with Gasteiger partial charge in [-0.2, -0.15) is 0 Å². The van der Waals surface area contributed by atoms with Gasteiger partial charge in [0.2, 0.25) is 5.91 Å². The van der Waals surface area contributed by atoms with Gasteiger partial charge in [0.15, 0.2) is 5.13 Å². The summed E-state index contributed by atoms with van der Waals surface area (Å²) in [5.74, 6) is 0.808. The second-order valence-electron chi connectivity index (χ2n) is 5.53. The molecule has 3 aromatic heterocycles. The van der Waals surface area contributed by atoms with Gasteiger partial charge >= 0.3 is 0 Å². The van der Waals surface area contributed by atoms with E-state index in [9.17, 15) is 4.79 Å². The number of thiazole rings is 1. The van der Waals surface area contributed by atoms with E-state index in [0.717, 1.165) is 34.8 Å². The van der Waals surface area contributed by atoms with Crippen LogP contribution in [0, 0.1) is 5.92 Å². The molecule has 0 atom stereocenters. The summed E-state index contributed by atoms with van der Waals surface area (Å²) in [5.41, 5.74) is 2.32. The van der Waals surface area contributed by atoms with E-state index in [1.807, 2.05) is 17.6 Å². The van der Waals surface area contributed by atoms with E-state index in [-0.39, 0.29) is 5.91 Å². The zero-order chi connectivity index (χ0) is 14.9. The molecule has 6 nitrogen and oxygen atoms in total. The molecule has 0 aromatic carbocycles. The van der Waals surface area contributed by atoms with Crippen LogP contribution in [0.15, 0.2) is 24.0 Å². The van der Waals surface area contributed by atoms with Crippen molar-refractivity contribution in [3.8, 4) is 11.4 Å². The molecule has 2 N–H and O–H groups in total. The average Bonchev–Trinajstić information content (AvgIpc) is 3.03. The summed E-state index contributed by atoms with van der Waals surface area (Å²) in [6.07, 6.45) is 7.45. The van der Waals surface area contributed by atoms with Crippen LogP contribution in [0.2, 0.25) is 0 Å². The maximum Gasteiger partial charge on any atom is 0.226 e. The minimum atomic E-state index is 0.0438. The minimum Gasteiger partial charge on any atom is -0.346 e. The highest BCUT2D eigenvalue weighted by Crippen LogP contribution is 2.33. The van der Waals surface area contributed by atoms with E-state index in [0.29, 0.717) is 11.6 Å². The lowest BCUT2D eigenvalue weighted by atomic mass is 10.2. The fourth-order valence-corrected chi connectivity index (χ4v) is 3.15. The van der Waals surface area contributed by atoms with Crippen LogP contribution in [0.1, 0.15) is 25.7 Å². The molecular formula is C15H15N5OS. The molecular weight excluding hydrogens is 298 g/mol. The first-order valence-electron chi connectivity index (χ1n) is 7.33. The number of fused-ring (bicyclic) bond motifs is 1. The van der Waals surface area contributed by atoms with Gasteiger partial charge in [0, 0.05) is 23.4 Å². The van der Waals surface area contributed by atoms with Crippen LogP contribution in [0.3, 0.4) is 0 Å². The van der Waals surface area contributed by atoms with Crippen molar-refractivity contribution in [1.82, 2.24) is 19.9 Å². The third-order valence-corrected chi connectivity index (χ3v) is 4.58. The Labute approximate surface area is 131 Å². The Morgan fingerprint density at radius 2 is 2.32 bits per heavy atom. The van der Waals surface area contributed by atoms with Gasteiger partial charge in [0.05, 0.1) is 0 Å². The van der Waals surface area contributed by atoms with Crippen LogP contribution in [-0.2, 0) is 4.79 Å². The standard InChI is InChI=1S/C15H15N5OS/c21-12(4-3-9-1-2-9)20-15-19-11(7-22-15)13-10-5-6-16-14(10)18-8-17-13/h5-9H,1-4H2,(H,16,17,18)(H,19,20,21). The van der Waals surface area contributed by atoms with E-state index >= 15 is 0 Å². The van der Waals surface area contributed by atoms with Crippen LogP contribution in [0.4, 0.5) is 5.13 Å². The normalized spacial score (nSPS) is 14.4. The summed E-state index contributed by atoms with van der Waals surface area (Å²) in [6.45, 7) is 0. The molecule has 0 saturated heterocycles. The number of nitrogens with zero attached hydrogens (tertiary/aromatic N) is 3. The number of carbonyl (C=O) groups is 1. The fraction of sp³-hybridized carbons (Fsp3) is 0.333. The van der Waals surface area contributed by atoms with Gasteiger partial charge < -0.3 is 10.3 Å². The molecule has 3 heterocycles. The molecule has 0 unspecified atom stereocenters. The molecule has 1 aliphatic carbocycles. The lowest BCUT2D eigenvalue weighted by molar-refractivity contribution is -0.116. The molecule has 22 heavy (non-hydrogen) atoms. The molecule has 0 radical (unpaired) electrons. The Balaban J connectivity index is 1.51. The van der Waals surface area contributed by atoms with Gasteiger partial charge in [-0.25, -0.2) is 15.0 Å². The molecule has 3 aromatic rings. The number of anilines is 1. The Kier molecular flexibility index (Phi) is 3.34. The predicted molar refractivity (Wildman–Crippen MR) is 85.6 cm³/mol. The largest absolute Gasteiger partial charge is 0.346 e. The first kappa shape index (κ1) is 13.4. The molecule has 7 heteroatoms. The monoisotopic (exact) mass is 313 g/mol. The Bertz CT molecular complexity index is 820. The van der Waals surface area contributed by atoms with Crippen molar-refractivity contribution in [3.05, 3.63) is 24.0 Å². The number of rotatable bonds is 5. The average molecular weight is 313 g/mol. The number of aromatic amines is 1. The van der Waals surface area contributed by atoms with E-state index in [1.54, 1.807) is 0 Å². The van der Waals surface area contributed by atoms with Crippen molar-refractivity contribution in [2.45, 2.75) is 25.7 Å². The maximum absolute atomic E-state index is 11.9. The number of carbonyl (C=O) groups excluding carboxylic acids is 1. The summed E-state index contributed by atoms with van der Waals surface area (Å²) >= 11 is 1.42. The molecule has 4 rings (SSSR count). The van der Waals surface area contributed by atoms with E-state index < -0.39 is 0 Å². The number of aromatic nitrogens is 4. The molecule has 1 amide bonds. The lowest BCUT2D eigenvalue weighted by Crippen LogP contribution is -2.11. The van der Waals surface area contributed by atoms with Crippen LogP contribution < -0.4 is 5.32 Å². The van der Waals surface area contributed by atoms with Crippen molar-refractivity contribution in [2.75, 3.05) is 5.32 Å². The number of nitrogens with one attached hydrogen (secondary N) is 2. The molecule has 0 bridgehead atoms. The quantitative estimate of drug-likeness (QED) is 0.757. The Morgan fingerprint density at radius 1 is 1.41 bits per heavy atom. The SMILES string of the molecule is O=C(CCC1CC1)Nc1nc(-c2ncnc3[nH]ccc23)cs1. The fourth-order valence-electron chi connectivity index (χ4n) is 2.44. The molecule has 0 aliphatic heterocycles. The summed E-state index contributed by atoms with van der Waals surface area (Å²) < 4.78 is 0. The highest BCUT2D eigenvalue weighted by atomic mass is 32.1. The van der Waals surface area contributed by atoms with Gasteiger partial charge in [-0.3, -0.25) is 4.79 Å². The predicted octanol–water partition coefficient (Wildman–Crippen LogP) is 3.21. The number of H-pyrrole nitrogens is 1. The first-order valence-corrected chi connectivity index (χ1v) is 8.21. The third-order valence-electron chi connectivity index (χ3n) is 3.82. The summed E-state index contributed by atoms with van der Waals surface area (Å²) in [5, 5.41) is 6.34. The van der Waals surface area contributed by atoms with Crippen LogP contribution in [0.5, 0.6) is 0 Å². The molecule has 1 fully saturated rings. The summed E-state index contributed by atoms with van der Waals surface area (Å²) in [4.78, 5) is 27.9. The number of hydrogen-bond acceptors (Lipinski definition) is 5. The lowest BCUT2D eigenvalue weighted by Gasteiger charge is -2.00. The minimum absolute atomic E-state index is 0.0438. The van der Waals surface area contributed by atoms with Crippen molar-refractivity contribution < 1.29 is 4.79 Å². The van der Waals surface area contributed by atoms with Gasteiger partial charge in [-0.15, -0.1) is 11.3 Å². The zero-order valence-corrected chi connectivity index (χ0v) is 12.7. The Morgan fingerprint density at radius 3 is 3.18 bits per heavy atom. The van der Waals surface area contributed by atoms with Gasteiger partial charge in [-0.1, -0.05) is 12.8 Å². The zero-order valence-electron chi connectivity index (χ0n) is 11.9. The number of hydrogen-bond donors (Lipinski definition) is 2. The summed E-state index contributed by atoms with van der Waals surface area (Å²) in [7, 11) is 0. The van der Waals surface area contributed by atoms with Crippen molar-refractivity contribution in [2.24, 2.45) is 5.92 Å². The molecule has 0 spiro atoms. The van der Waals surface area contributed by atoms with Crippen molar-refractivity contribution in [3.63, 3.8) is 0 Å². The second-order valence-corrected chi connectivity index (χ2v) is 6.39. The topological polar surface area (TPSA) is 83.6 Å². The highest BCUT2D eigenvalue weighted by molar-refractivity contribution is 7.14. The van der Waals surface area contributed by atoms with E-state index in [4.69, 9.17) is 0 Å². The molecule has 112 valence electrons. The highest BCUT2D eigenvalue weighted by Gasteiger charge is 2.22. The Hall–Kier alpha value is -2.28. The maximum atomic E-state index is 11.9. The van der Waals surface area contributed by atoms with Gasteiger partial charge in [0.1, 0.15) is 23.4 Å². The molecule has 1 saturated carbocycles. The van der Waals surface area contributed by atoms with Crippen LogP contribution in [-0.4, -0.2) is 25.8 Å². The van der Waals surface area contributed by atoms with Crippen LogP contribution in [0.25, 0.3) is 22.4 Å². The van der Waals surface area contributed by atoms with Gasteiger partial charge in [-0.05, 0) is 18.4 Å². The van der Waals surface area contributed by atoms with E-state index in [1.165, 1.54) is 30.5 Å². The van der Waals surface area contributed by atoms with Crippen molar-refractivity contribution in [1.29, 1.82) is 0 Å². The first-order chi connectivity index (χ1) is 10.8. The smallest absolute Gasteiger partial charge is 0.226 e.